The highest BCUT2D eigenvalue weighted by atomic mass is 16.6. The Balaban J connectivity index is 1.60. The van der Waals surface area contributed by atoms with Crippen molar-refractivity contribution in [1.29, 1.82) is 0 Å². The maximum atomic E-state index is 12.3. The van der Waals surface area contributed by atoms with Crippen molar-refractivity contribution in [1.82, 2.24) is 5.32 Å². The van der Waals surface area contributed by atoms with E-state index in [1.165, 1.54) is 6.92 Å². The number of aliphatic carboxylic acids is 1. The molecule has 0 aromatic heterocycles. The number of hydrogen-bond donors (Lipinski definition) is 2. The number of amides is 1. The van der Waals surface area contributed by atoms with Gasteiger partial charge in [-0.2, -0.15) is 0 Å². The number of carboxylic acid groups (broad SMARTS) is 1. The predicted octanol–water partition coefficient (Wildman–Crippen LogP) is 3.73. The highest BCUT2D eigenvalue weighted by Crippen LogP contribution is 2.29. The quantitative estimate of drug-likeness (QED) is 0.376. The van der Waals surface area contributed by atoms with Crippen LogP contribution in [0.1, 0.15) is 23.6 Å². The average Bonchev–Trinajstić information content (AvgIpc) is 2.93. The zero-order chi connectivity index (χ0) is 26.7. The van der Waals surface area contributed by atoms with Gasteiger partial charge in [-0.15, -0.1) is 0 Å². The molecule has 0 aliphatic carbocycles. The summed E-state index contributed by atoms with van der Waals surface area (Å²) in [6.07, 6.45) is -3.64. The number of carbonyl (C=O) groups is 2. The number of carbonyl (C=O) groups excluding carboxylic acids is 1. The van der Waals surface area contributed by atoms with Crippen LogP contribution in [-0.4, -0.2) is 54.0 Å². The summed E-state index contributed by atoms with van der Waals surface area (Å²) in [6.45, 7) is 2.20. The van der Waals surface area contributed by atoms with Gasteiger partial charge in [0.15, 0.2) is 6.10 Å². The van der Waals surface area contributed by atoms with Gasteiger partial charge in [0.25, 0.3) is 0 Å². The summed E-state index contributed by atoms with van der Waals surface area (Å²) in [7, 11) is 0. The van der Waals surface area contributed by atoms with E-state index in [9.17, 15) is 14.7 Å². The maximum absolute atomic E-state index is 12.3. The number of benzene rings is 3. The molecule has 1 saturated heterocycles. The minimum atomic E-state index is -1.35. The Morgan fingerprint density at radius 1 is 0.763 bits per heavy atom. The van der Waals surface area contributed by atoms with Crippen molar-refractivity contribution < 1.29 is 33.6 Å². The summed E-state index contributed by atoms with van der Waals surface area (Å²) in [5, 5.41) is 12.8. The van der Waals surface area contributed by atoms with Crippen molar-refractivity contribution in [3.8, 4) is 0 Å². The molecule has 8 heteroatoms. The second kappa shape index (κ2) is 13.8. The third-order valence-corrected chi connectivity index (χ3v) is 6.27. The first-order chi connectivity index (χ1) is 18.5. The highest BCUT2D eigenvalue weighted by Gasteiger charge is 2.50. The van der Waals surface area contributed by atoms with Crippen molar-refractivity contribution >= 4 is 11.9 Å². The van der Waals surface area contributed by atoms with Gasteiger partial charge in [0.05, 0.1) is 32.5 Å². The van der Waals surface area contributed by atoms with Crippen LogP contribution in [0.2, 0.25) is 0 Å². The Bertz CT molecular complexity index is 1140. The standard InChI is InChI=1S/C30H33NO7/c1-21(32)31-26-28(37-19-24-15-9-4-10-16-24)27(36-18-23-13-7-3-8-14-23)25(38-29(26)30(33)34)20-35-17-22-11-5-2-6-12-22/h2-16,25-29H,17-20H2,1H3,(H,31,32)(H,33,34)/t25-,26-,27+,28-,29+/m1/s1. The van der Waals surface area contributed by atoms with E-state index >= 15 is 0 Å². The molecule has 4 rings (SSSR count). The van der Waals surface area contributed by atoms with Crippen LogP contribution < -0.4 is 5.32 Å². The molecule has 2 N–H and O–H groups in total. The molecule has 8 nitrogen and oxygen atoms in total. The molecule has 0 bridgehead atoms. The lowest BCUT2D eigenvalue weighted by Gasteiger charge is -2.45. The molecule has 3 aromatic carbocycles. The normalized spacial score (nSPS) is 23.0. The van der Waals surface area contributed by atoms with E-state index in [2.05, 4.69) is 5.32 Å². The summed E-state index contributed by atoms with van der Waals surface area (Å²) in [4.78, 5) is 24.4. The van der Waals surface area contributed by atoms with Gasteiger partial charge in [0.2, 0.25) is 5.91 Å². The van der Waals surface area contributed by atoms with Gasteiger partial charge in [-0.3, -0.25) is 4.79 Å². The van der Waals surface area contributed by atoms with Crippen molar-refractivity contribution in [3.63, 3.8) is 0 Å². The molecule has 1 heterocycles. The van der Waals surface area contributed by atoms with Crippen LogP contribution in [0.15, 0.2) is 91.0 Å². The highest BCUT2D eigenvalue weighted by molar-refractivity contribution is 5.77. The third kappa shape index (κ3) is 7.72. The van der Waals surface area contributed by atoms with Crippen LogP contribution >= 0.6 is 0 Å². The molecule has 0 spiro atoms. The minimum absolute atomic E-state index is 0.0795. The first-order valence-electron chi connectivity index (χ1n) is 12.6. The minimum Gasteiger partial charge on any atom is -0.479 e. The van der Waals surface area contributed by atoms with Crippen LogP contribution in [0.5, 0.6) is 0 Å². The number of hydrogen-bond acceptors (Lipinski definition) is 6. The van der Waals surface area contributed by atoms with Gasteiger partial charge in [0, 0.05) is 6.92 Å². The molecule has 3 aromatic rings. The Morgan fingerprint density at radius 2 is 1.24 bits per heavy atom. The van der Waals surface area contributed by atoms with Crippen molar-refractivity contribution in [2.24, 2.45) is 0 Å². The maximum Gasteiger partial charge on any atom is 0.335 e. The van der Waals surface area contributed by atoms with Crippen molar-refractivity contribution in [2.75, 3.05) is 6.61 Å². The van der Waals surface area contributed by atoms with Gasteiger partial charge in [-0.1, -0.05) is 91.0 Å². The molecule has 1 fully saturated rings. The zero-order valence-electron chi connectivity index (χ0n) is 21.3. The lowest BCUT2D eigenvalue weighted by atomic mass is 9.91. The molecular formula is C30H33NO7. The number of nitrogens with one attached hydrogen (secondary N) is 1. The van der Waals surface area contributed by atoms with Crippen LogP contribution in [0, 0.1) is 0 Å². The molecule has 0 saturated carbocycles. The van der Waals surface area contributed by atoms with E-state index in [-0.39, 0.29) is 19.8 Å². The van der Waals surface area contributed by atoms with Gasteiger partial charge < -0.3 is 29.4 Å². The van der Waals surface area contributed by atoms with Gasteiger partial charge in [-0.25, -0.2) is 4.79 Å². The monoisotopic (exact) mass is 519 g/mol. The lowest BCUT2D eigenvalue weighted by Crippen LogP contribution is -2.67. The van der Waals surface area contributed by atoms with Crippen LogP contribution in [0.4, 0.5) is 0 Å². The molecule has 1 aliphatic rings. The summed E-state index contributed by atoms with van der Waals surface area (Å²) in [5.74, 6) is -1.59. The SMILES string of the molecule is CC(=O)N[C@@H]1[C@@H](OCc2ccccc2)[C@@H](OCc2ccccc2)[C@@H](COCc2ccccc2)O[C@@H]1C(=O)O. The first-order valence-corrected chi connectivity index (χ1v) is 12.6. The van der Waals surface area contributed by atoms with Gasteiger partial charge in [0.1, 0.15) is 18.3 Å². The van der Waals surface area contributed by atoms with Gasteiger partial charge >= 0.3 is 5.97 Å². The fourth-order valence-corrected chi connectivity index (χ4v) is 4.48. The zero-order valence-corrected chi connectivity index (χ0v) is 21.3. The molecular weight excluding hydrogens is 486 g/mol. The predicted molar refractivity (Wildman–Crippen MR) is 140 cm³/mol. The summed E-state index contributed by atoms with van der Waals surface area (Å²) in [5.41, 5.74) is 2.83. The lowest BCUT2D eigenvalue weighted by molar-refractivity contribution is -0.235. The fraction of sp³-hybridized carbons (Fsp3) is 0.333. The second-order valence-corrected chi connectivity index (χ2v) is 9.18. The van der Waals surface area contributed by atoms with Crippen LogP contribution in [0.25, 0.3) is 0 Å². The average molecular weight is 520 g/mol. The number of rotatable bonds is 12. The largest absolute Gasteiger partial charge is 0.479 e. The smallest absolute Gasteiger partial charge is 0.335 e. The second-order valence-electron chi connectivity index (χ2n) is 9.18. The molecule has 38 heavy (non-hydrogen) atoms. The van der Waals surface area contributed by atoms with E-state index in [0.29, 0.717) is 6.61 Å². The fourth-order valence-electron chi connectivity index (χ4n) is 4.48. The number of carboxylic acids is 1. The number of ether oxygens (including phenoxy) is 4. The van der Waals surface area contributed by atoms with E-state index in [1.54, 1.807) is 0 Å². The van der Waals surface area contributed by atoms with Crippen molar-refractivity contribution in [3.05, 3.63) is 108 Å². The third-order valence-electron chi connectivity index (χ3n) is 6.27. The molecule has 0 radical (unpaired) electrons. The summed E-state index contributed by atoms with van der Waals surface area (Å²) >= 11 is 0. The first kappa shape index (κ1) is 27.5. The molecule has 0 unspecified atom stereocenters. The van der Waals surface area contributed by atoms with E-state index in [4.69, 9.17) is 18.9 Å². The Labute approximate surface area is 222 Å². The Morgan fingerprint density at radius 3 is 1.71 bits per heavy atom. The molecule has 200 valence electrons. The van der Waals surface area contributed by atoms with E-state index < -0.39 is 42.3 Å². The summed E-state index contributed by atoms with van der Waals surface area (Å²) in [6, 6.07) is 27.9. The van der Waals surface area contributed by atoms with Crippen molar-refractivity contribution in [2.45, 2.75) is 57.2 Å². The van der Waals surface area contributed by atoms with E-state index in [1.807, 2.05) is 91.0 Å². The molecule has 1 aliphatic heterocycles. The molecule has 1 amide bonds. The Kier molecular flexibility index (Phi) is 10.0. The summed E-state index contributed by atoms with van der Waals surface area (Å²) < 4.78 is 24.7. The van der Waals surface area contributed by atoms with E-state index in [0.717, 1.165) is 16.7 Å². The topological polar surface area (TPSA) is 103 Å². The van der Waals surface area contributed by atoms with Crippen LogP contribution in [0.3, 0.4) is 0 Å². The Hall–Kier alpha value is -3.56. The molecule has 5 atom stereocenters. The van der Waals surface area contributed by atoms with Crippen LogP contribution in [-0.2, 0) is 48.4 Å². The van der Waals surface area contributed by atoms with Gasteiger partial charge in [-0.05, 0) is 16.7 Å².